The molecule has 0 spiro atoms. The van der Waals surface area contributed by atoms with Gasteiger partial charge >= 0.3 is 0 Å². The van der Waals surface area contributed by atoms with Crippen molar-refractivity contribution in [3.8, 4) is 33.6 Å². The summed E-state index contributed by atoms with van der Waals surface area (Å²) in [5.41, 5.74) is 8.77. The van der Waals surface area contributed by atoms with Gasteiger partial charge in [0.15, 0.2) is 0 Å². The van der Waals surface area contributed by atoms with E-state index in [-0.39, 0.29) is 41.8 Å². The average Bonchev–Trinajstić information content (AvgIpc) is 3.91. The van der Waals surface area contributed by atoms with Crippen molar-refractivity contribution in [3.63, 3.8) is 0 Å². The molecule has 11 aromatic rings. The molecule has 238 valence electrons. The van der Waals surface area contributed by atoms with E-state index in [4.69, 9.17) is 11.3 Å². The van der Waals surface area contributed by atoms with Gasteiger partial charge in [-0.15, -0.1) is 0 Å². The molecule has 8 aromatic carbocycles. The fourth-order valence-corrected chi connectivity index (χ4v) is 7.81. The van der Waals surface area contributed by atoms with Crippen molar-refractivity contribution in [2.45, 2.75) is 0 Å². The molecular formula is C48H30N2O. The lowest BCUT2D eigenvalue weighted by Gasteiger charge is -2.09. The summed E-state index contributed by atoms with van der Waals surface area (Å²) in [6.07, 6.45) is 0. The minimum absolute atomic E-state index is 0.135. The summed E-state index contributed by atoms with van der Waals surface area (Å²) in [5.74, 6) is 0. The zero-order valence-electron chi connectivity index (χ0n) is 34.1. The third kappa shape index (κ3) is 4.19. The van der Waals surface area contributed by atoms with Crippen LogP contribution in [-0.2, 0) is 0 Å². The molecular weight excluding hydrogens is 621 g/mol. The van der Waals surface area contributed by atoms with Crippen LogP contribution < -0.4 is 0 Å². The van der Waals surface area contributed by atoms with Gasteiger partial charge in [0, 0.05) is 49.8 Å². The molecule has 0 fully saturated rings. The third-order valence-electron chi connectivity index (χ3n) is 10.0. The van der Waals surface area contributed by atoms with Gasteiger partial charge in [-0.25, -0.2) is 0 Å². The first-order valence-corrected chi connectivity index (χ1v) is 16.9. The van der Waals surface area contributed by atoms with Crippen LogP contribution in [0.3, 0.4) is 0 Å². The van der Waals surface area contributed by atoms with Crippen LogP contribution in [0.25, 0.3) is 99.2 Å². The molecule has 0 unspecified atom stereocenters. The van der Waals surface area contributed by atoms with Gasteiger partial charge in [0.2, 0.25) is 0 Å². The predicted molar refractivity (Wildman–Crippen MR) is 213 cm³/mol. The molecule has 11 rings (SSSR count). The second-order valence-corrected chi connectivity index (χ2v) is 12.8. The van der Waals surface area contributed by atoms with Gasteiger partial charge in [-0.1, -0.05) is 109 Å². The number of aromatic nitrogens is 2. The van der Waals surface area contributed by atoms with Crippen LogP contribution in [0, 0.1) is 0 Å². The largest absolute Gasteiger partial charge is 0.456 e. The van der Waals surface area contributed by atoms with Gasteiger partial charge in [0.25, 0.3) is 0 Å². The summed E-state index contributed by atoms with van der Waals surface area (Å²) in [7, 11) is 0. The Balaban J connectivity index is 1.09. The maximum atomic E-state index is 9.36. The normalized spacial score (nSPS) is 13.8. The fraction of sp³-hybridized carbons (Fsp3) is 0. The van der Waals surface area contributed by atoms with Crippen LogP contribution >= 0.6 is 0 Å². The second-order valence-electron chi connectivity index (χ2n) is 12.8. The zero-order valence-corrected chi connectivity index (χ0v) is 27.1. The highest BCUT2D eigenvalue weighted by atomic mass is 16.3. The van der Waals surface area contributed by atoms with Crippen LogP contribution in [0.4, 0.5) is 0 Å². The first-order valence-electron chi connectivity index (χ1n) is 20.4. The minimum atomic E-state index is -0.430. The molecule has 3 nitrogen and oxygen atoms in total. The van der Waals surface area contributed by atoms with Gasteiger partial charge in [0.05, 0.1) is 31.7 Å². The first-order chi connectivity index (χ1) is 28.2. The molecule has 0 aliphatic carbocycles. The quantitative estimate of drug-likeness (QED) is 0.185. The monoisotopic (exact) mass is 657 g/mol. The number of hydrogen-bond donors (Lipinski definition) is 0. The highest BCUT2D eigenvalue weighted by molar-refractivity contribution is 6.15. The molecule has 0 saturated carbocycles. The van der Waals surface area contributed by atoms with E-state index in [2.05, 4.69) is 51.6 Å². The highest BCUT2D eigenvalue weighted by Gasteiger charge is 2.18. The number of benzene rings is 8. The van der Waals surface area contributed by atoms with Gasteiger partial charge < -0.3 is 13.6 Å². The summed E-state index contributed by atoms with van der Waals surface area (Å²) in [6.45, 7) is 0. The molecule has 0 aliphatic rings. The second kappa shape index (κ2) is 10.8. The van der Waals surface area contributed by atoms with Crippen molar-refractivity contribution in [3.05, 3.63) is 182 Å². The summed E-state index contributed by atoms with van der Waals surface area (Å²) >= 11 is 0. The maximum Gasteiger partial charge on any atom is 0.137 e. The van der Waals surface area contributed by atoms with Gasteiger partial charge in [-0.3, -0.25) is 0 Å². The lowest BCUT2D eigenvalue weighted by atomic mass is 9.99. The zero-order chi connectivity index (χ0) is 39.6. The van der Waals surface area contributed by atoms with Gasteiger partial charge in [-0.05, 0) is 89.0 Å². The fourth-order valence-electron chi connectivity index (χ4n) is 7.81. The molecule has 0 N–H and O–H groups in total. The molecule has 3 aromatic heterocycles. The summed E-state index contributed by atoms with van der Waals surface area (Å²) in [5, 5.41) is 5.42. The van der Waals surface area contributed by atoms with Crippen LogP contribution in [0.2, 0.25) is 0 Å². The molecule has 3 heterocycles. The maximum absolute atomic E-state index is 9.36. The van der Waals surface area contributed by atoms with E-state index in [1.54, 1.807) is 12.1 Å². The molecule has 0 amide bonds. The number of hydrogen-bond acceptors (Lipinski definition) is 1. The lowest BCUT2D eigenvalue weighted by Crippen LogP contribution is -1.93. The summed E-state index contributed by atoms with van der Waals surface area (Å²) < 4.78 is 71.4. The molecule has 0 atom stereocenters. The first kappa shape index (κ1) is 22.0. The minimum Gasteiger partial charge on any atom is -0.456 e. The van der Waals surface area contributed by atoms with Crippen LogP contribution in [0.5, 0.6) is 0 Å². The summed E-state index contributed by atoms with van der Waals surface area (Å²) in [6, 6.07) is 44.6. The van der Waals surface area contributed by atoms with E-state index in [0.717, 1.165) is 60.4 Å². The van der Waals surface area contributed by atoms with E-state index >= 15 is 0 Å². The van der Waals surface area contributed by atoms with Gasteiger partial charge in [-0.2, -0.15) is 0 Å². The van der Waals surface area contributed by atoms with E-state index < -0.39 is 6.04 Å². The Morgan fingerprint density at radius 1 is 0.392 bits per heavy atom. The van der Waals surface area contributed by atoms with Crippen molar-refractivity contribution in [1.29, 1.82) is 0 Å². The Bertz CT molecular complexity index is 3520. The smallest absolute Gasteiger partial charge is 0.137 e. The molecule has 0 saturated heterocycles. The Morgan fingerprint density at radius 3 is 1.88 bits per heavy atom. The molecule has 3 heteroatoms. The van der Waals surface area contributed by atoms with E-state index in [9.17, 15) is 2.74 Å². The van der Waals surface area contributed by atoms with Crippen molar-refractivity contribution in [2.75, 3.05) is 0 Å². The van der Waals surface area contributed by atoms with Crippen molar-refractivity contribution in [1.82, 2.24) is 9.13 Å². The SMILES string of the molecule is [2H]c1c([2H])c([2H])c(-c2cccc3oc4cc(-n5c6ccccc6c6cc(-c7cc8c9ccccc9n(-c9ccccc9)c8c([2H])c7[2H])ccc65)ccc4c23)c([2H])c1[2H]. The van der Waals surface area contributed by atoms with E-state index in [1.807, 2.05) is 84.9 Å². The number of fused-ring (bicyclic) bond motifs is 9. The Hall–Kier alpha value is -6.84. The molecule has 0 radical (unpaired) electrons. The molecule has 0 aliphatic heterocycles. The Morgan fingerprint density at radius 2 is 1.08 bits per heavy atom. The number of nitrogens with zero attached hydrogens (tertiary/aromatic N) is 2. The van der Waals surface area contributed by atoms with E-state index in [1.165, 1.54) is 0 Å². The molecule has 51 heavy (non-hydrogen) atoms. The number of furan rings is 1. The summed E-state index contributed by atoms with van der Waals surface area (Å²) in [4.78, 5) is 0. The van der Waals surface area contributed by atoms with Crippen molar-refractivity contribution in [2.24, 2.45) is 0 Å². The van der Waals surface area contributed by atoms with Crippen molar-refractivity contribution < 1.29 is 14.0 Å². The standard InChI is InChI=1S/C48H30N2O/c1-3-12-31(13-4-1)36-18-11-21-46-48(36)39-25-24-35(30-47(39)51-46)50-43-20-10-8-17-38(43)41-29-33(23-27-45(41)50)32-22-26-44-40(28-32)37-16-7-9-19-42(37)49(44)34-14-5-2-6-15-34/h1-30H/i1D,3D,4D,12D,13D,22D,26D. The average molecular weight is 658 g/mol. The Labute approximate surface area is 303 Å². The van der Waals surface area contributed by atoms with Crippen LogP contribution in [0.1, 0.15) is 9.60 Å². The van der Waals surface area contributed by atoms with Crippen LogP contribution in [-0.4, -0.2) is 9.13 Å². The topological polar surface area (TPSA) is 23.0 Å². The van der Waals surface area contributed by atoms with E-state index in [0.29, 0.717) is 33.2 Å². The third-order valence-corrected chi connectivity index (χ3v) is 10.0. The predicted octanol–water partition coefficient (Wildman–Crippen LogP) is 13.1. The van der Waals surface area contributed by atoms with Crippen LogP contribution in [0.15, 0.2) is 186 Å². The number of rotatable bonds is 4. The lowest BCUT2D eigenvalue weighted by molar-refractivity contribution is 0.668. The van der Waals surface area contributed by atoms with Crippen molar-refractivity contribution >= 4 is 65.6 Å². The number of para-hydroxylation sites is 3. The highest BCUT2D eigenvalue weighted by Crippen LogP contribution is 2.41. The Kier molecular flexibility index (Phi) is 4.67. The van der Waals surface area contributed by atoms with Gasteiger partial charge in [0.1, 0.15) is 11.2 Å². The molecule has 0 bridgehead atoms.